The Balaban J connectivity index is -0.0000000133. The molecule has 0 radical (unpaired) electrons. The SMILES string of the molecule is O=S([O-])([O-])=S.[I-].[K+].[K+].[Na+]. The van der Waals surface area contributed by atoms with Crippen molar-refractivity contribution in [2.24, 2.45) is 0 Å². The van der Waals surface area contributed by atoms with Crippen molar-refractivity contribution in [3.05, 3.63) is 0 Å². The summed E-state index contributed by atoms with van der Waals surface area (Å²) in [6.45, 7) is 0. The molecule has 0 saturated carbocycles. The Morgan fingerprint density at radius 2 is 1.22 bits per heavy atom. The van der Waals surface area contributed by atoms with Gasteiger partial charge in [0.15, 0.2) is 0 Å². The first-order chi connectivity index (χ1) is 2.00. The minimum atomic E-state index is -4.33. The van der Waals surface area contributed by atoms with E-state index in [0.29, 0.717) is 0 Å². The van der Waals surface area contributed by atoms with E-state index in [9.17, 15) is 0 Å². The average Bonchev–Trinajstić information content (AvgIpc) is 0.722. The molecule has 0 rings (SSSR count). The van der Waals surface area contributed by atoms with Crippen LogP contribution in [0.4, 0.5) is 0 Å². The second-order valence-electron chi connectivity index (χ2n) is 0.408. The molecule has 0 aromatic heterocycles. The van der Waals surface area contributed by atoms with Crippen molar-refractivity contribution >= 4 is 20.2 Å². The van der Waals surface area contributed by atoms with Gasteiger partial charge < -0.3 is 33.1 Å². The fraction of sp³-hybridized carbons (Fsp3) is 0. The molecule has 0 aromatic carbocycles. The predicted octanol–water partition coefficient (Wildman–Crippen LogP) is -13.0. The van der Waals surface area contributed by atoms with Gasteiger partial charge in [-0.1, -0.05) is 0 Å². The molecule has 0 spiro atoms. The largest absolute Gasteiger partial charge is 1.00 e. The summed E-state index contributed by atoms with van der Waals surface area (Å²) in [6.07, 6.45) is 0. The maximum atomic E-state index is 8.89. The van der Waals surface area contributed by atoms with Crippen LogP contribution in [0.1, 0.15) is 0 Å². The van der Waals surface area contributed by atoms with Crippen molar-refractivity contribution in [1.29, 1.82) is 0 Å². The van der Waals surface area contributed by atoms with Crippen molar-refractivity contribution in [3.8, 4) is 0 Å². The topological polar surface area (TPSA) is 63.2 Å². The first-order valence-corrected chi connectivity index (χ1v) is 3.00. The van der Waals surface area contributed by atoms with Gasteiger partial charge in [-0.15, -0.1) is 9.05 Å². The van der Waals surface area contributed by atoms with Gasteiger partial charge in [0.25, 0.3) is 0 Å². The Morgan fingerprint density at radius 1 is 1.22 bits per heavy atom. The first kappa shape index (κ1) is 29.2. The molecule has 0 aliphatic heterocycles. The van der Waals surface area contributed by atoms with E-state index < -0.39 is 9.05 Å². The second-order valence-corrected chi connectivity index (χ2v) is 2.45. The van der Waals surface area contributed by atoms with Gasteiger partial charge in [0.2, 0.25) is 0 Å². The van der Waals surface area contributed by atoms with Gasteiger partial charge in [0.05, 0.1) is 0 Å². The minimum Gasteiger partial charge on any atom is -1.00 e. The standard InChI is InChI=1S/HI.2K.Na.H2O3S2/c;;;;1-5(2,3)4/h1H;;;;(H2,1,2,3,4)/q;3*+1;/p-3. The van der Waals surface area contributed by atoms with E-state index in [4.69, 9.17) is 13.3 Å². The van der Waals surface area contributed by atoms with Crippen molar-refractivity contribution in [2.75, 3.05) is 0 Å². The van der Waals surface area contributed by atoms with Crippen molar-refractivity contribution in [2.45, 2.75) is 0 Å². The zero-order chi connectivity index (χ0) is 4.50. The maximum Gasteiger partial charge on any atom is 1.00 e. The van der Waals surface area contributed by atoms with E-state index in [-0.39, 0.29) is 156 Å². The van der Waals surface area contributed by atoms with Crippen LogP contribution in [-0.4, -0.2) is 13.3 Å². The Labute approximate surface area is 184 Å². The Morgan fingerprint density at radius 3 is 1.22 bits per heavy atom. The number of halogens is 1. The van der Waals surface area contributed by atoms with Crippen LogP contribution in [0, 0.1) is 0 Å². The van der Waals surface area contributed by atoms with Crippen LogP contribution >= 0.6 is 0 Å². The predicted molar refractivity (Wildman–Crippen MR) is 17.1 cm³/mol. The molecule has 0 saturated heterocycles. The number of hydrogen-bond acceptors (Lipinski definition) is 4. The van der Waals surface area contributed by atoms with Gasteiger partial charge in [-0.3, -0.25) is 4.21 Å². The normalized spacial score (nSPS) is 6.44. The summed E-state index contributed by atoms with van der Waals surface area (Å²) < 4.78 is 26.7. The average molecular weight is 340 g/mol. The summed E-state index contributed by atoms with van der Waals surface area (Å²) in [4.78, 5) is 0. The van der Waals surface area contributed by atoms with E-state index in [1.165, 1.54) is 0 Å². The van der Waals surface area contributed by atoms with E-state index in [2.05, 4.69) is 11.2 Å². The molecule has 40 valence electrons. The van der Waals surface area contributed by atoms with Gasteiger partial charge in [0, 0.05) is 0 Å². The summed E-state index contributed by atoms with van der Waals surface area (Å²) in [5.41, 5.74) is 0. The zero-order valence-electron chi connectivity index (χ0n) is 5.42. The Bertz CT molecular complexity index is 103. The molecule has 9 heavy (non-hydrogen) atoms. The molecule has 0 aliphatic carbocycles. The molecule has 0 bridgehead atoms. The third kappa shape index (κ3) is 60.5. The Kier molecular flexibility index (Phi) is 51.2. The first-order valence-electron chi connectivity index (χ1n) is 0.667. The molecule has 0 aromatic rings. The Hall–Kier alpha value is 5.29. The van der Waals surface area contributed by atoms with Crippen LogP contribution < -0.4 is 156 Å². The van der Waals surface area contributed by atoms with Crippen molar-refractivity contribution in [3.63, 3.8) is 0 Å². The molecule has 9 heteroatoms. The maximum absolute atomic E-state index is 8.89. The summed E-state index contributed by atoms with van der Waals surface area (Å²) in [5.74, 6) is 0. The smallest absolute Gasteiger partial charge is 1.00 e. The molecule has 0 amide bonds. The monoisotopic (exact) mass is 340 g/mol. The third-order valence-electron chi connectivity index (χ3n) is 0. The molecule has 0 unspecified atom stereocenters. The van der Waals surface area contributed by atoms with Gasteiger partial charge in [-0.05, 0) is 11.2 Å². The van der Waals surface area contributed by atoms with Crippen LogP contribution in [0.2, 0.25) is 0 Å². The van der Waals surface area contributed by atoms with E-state index in [1.54, 1.807) is 0 Å². The molecule has 0 heterocycles. The third-order valence-corrected chi connectivity index (χ3v) is 0. The fourth-order valence-electron chi connectivity index (χ4n) is 0. The van der Waals surface area contributed by atoms with E-state index in [1.807, 2.05) is 0 Å². The van der Waals surface area contributed by atoms with Crippen LogP contribution in [0.5, 0.6) is 0 Å². The van der Waals surface area contributed by atoms with Crippen LogP contribution in [0.3, 0.4) is 0 Å². The van der Waals surface area contributed by atoms with Gasteiger partial charge >= 0.3 is 132 Å². The van der Waals surface area contributed by atoms with Gasteiger partial charge in [-0.2, -0.15) is 0 Å². The molecular formula is IK2NaO3S2. The van der Waals surface area contributed by atoms with Gasteiger partial charge in [0.1, 0.15) is 0 Å². The van der Waals surface area contributed by atoms with Crippen LogP contribution in [-0.2, 0) is 20.2 Å². The van der Waals surface area contributed by atoms with Gasteiger partial charge in [-0.25, -0.2) is 0 Å². The van der Waals surface area contributed by atoms with Crippen molar-refractivity contribution < 1.29 is 170 Å². The van der Waals surface area contributed by atoms with Crippen molar-refractivity contribution in [1.82, 2.24) is 0 Å². The number of hydrogen-bond donors (Lipinski definition) is 0. The summed E-state index contributed by atoms with van der Waals surface area (Å²) in [6, 6.07) is 0. The molecule has 0 atom stereocenters. The fourth-order valence-corrected chi connectivity index (χ4v) is 0. The quantitative estimate of drug-likeness (QED) is 0.325. The minimum absolute atomic E-state index is 0. The molecule has 0 aliphatic rings. The molecule has 3 nitrogen and oxygen atoms in total. The zero-order valence-corrected chi connectivity index (χ0v) is 17.5. The second kappa shape index (κ2) is 15.8. The summed E-state index contributed by atoms with van der Waals surface area (Å²) in [5, 5.41) is 0. The molecule has 0 fully saturated rings. The molecular weight excluding hydrogens is 340 g/mol. The summed E-state index contributed by atoms with van der Waals surface area (Å²) in [7, 11) is -4.33. The van der Waals surface area contributed by atoms with E-state index >= 15 is 0 Å². The summed E-state index contributed by atoms with van der Waals surface area (Å²) >= 11 is 3.24. The van der Waals surface area contributed by atoms with Crippen LogP contribution in [0.25, 0.3) is 0 Å². The molecule has 0 N–H and O–H groups in total. The van der Waals surface area contributed by atoms with E-state index in [0.717, 1.165) is 0 Å². The van der Waals surface area contributed by atoms with Crippen LogP contribution in [0.15, 0.2) is 0 Å². The number of rotatable bonds is 0.